The predicted octanol–water partition coefficient (Wildman–Crippen LogP) is 5.39. The van der Waals surface area contributed by atoms with E-state index in [2.05, 4.69) is 73.8 Å². The van der Waals surface area contributed by atoms with Crippen LogP contribution in [0.3, 0.4) is 0 Å². The molecule has 0 aliphatic heterocycles. The highest BCUT2D eigenvalue weighted by Gasteiger charge is 2.43. The Morgan fingerprint density at radius 3 is 2.46 bits per heavy atom. The molecule has 3 aromatic rings. The number of nitrogens with one attached hydrogen (secondary N) is 1. The summed E-state index contributed by atoms with van der Waals surface area (Å²) >= 11 is 0. The Balaban J connectivity index is 1.38. The summed E-state index contributed by atoms with van der Waals surface area (Å²) in [5.41, 5.74) is 6.43. The van der Waals surface area contributed by atoms with Gasteiger partial charge in [0.2, 0.25) is 5.91 Å². The largest absolute Gasteiger partial charge is 0.273 e. The van der Waals surface area contributed by atoms with E-state index < -0.39 is 0 Å². The number of hydrogen-bond donors (Lipinski definition) is 1. The topological polar surface area (TPSA) is 41.5 Å². The van der Waals surface area contributed by atoms with Gasteiger partial charge in [-0.2, -0.15) is 5.10 Å². The molecule has 1 saturated carbocycles. The van der Waals surface area contributed by atoms with Gasteiger partial charge in [0.25, 0.3) is 0 Å². The van der Waals surface area contributed by atoms with Gasteiger partial charge in [0, 0.05) is 11.5 Å². The quantitative estimate of drug-likeness (QED) is 0.485. The number of hydrogen-bond acceptors (Lipinski definition) is 2. The summed E-state index contributed by atoms with van der Waals surface area (Å²) < 4.78 is 0. The molecule has 142 valence electrons. The number of nitrogens with zero attached hydrogens (tertiary/aromatic N) is 1. The fraction of sp³-hybridized carbons (Fsp3) is 0.280. The van der Waals surface area contributed by atoms with E-state index in [1.807, 2.05) is 24.3 Å². The Hall–Kier alpha value is -2.94. The van der Waals surface area contributed by atoms with Crippen molar-refractivity contribution in [2.45, 2.75) is 38.5 Å². The van der Waals surface area contributed by atoms with Gasteiger partial charge in [-0.3, -0.25) is 4.79 Å². The van der Waals surface area contributed by atoms with Gasteiger partial charge in [-0.15, -0.1) is 0 Å². The zero-order chi connectivity index (χ0) is 19.7. The summed E-state index contributed by atoms with van der Waals surface area (Å²) in [5, 5.41) is 6.50. The molecule has 0 aromatic heterocycles. The van der Waals surface area contributed by atoms with Crippen molar-refractivity contribution in [1.29, 1.82) is 0 Å². The van der Waals surface area contributed by atoms with Crippen LogP contribution in [0.15, 0.2) is 71.8 Å². The Kier molecular flexibility index (Phi) is 4.76. The van der Waals surface area contributed by atoms with Crippen LogP contribution in [0.2, 0.25) is 0 Å². The lowest BCUT2D eigenvalue weighted by Crippen LogP contribution is -2.20. The number of carbonyl (C=O) groups excluding carboxylic acids is 1. The molecule has 1 aliphatic rings. The van der Waals surface area contributed by atoms with Gasteiger partial charge in [-0.05, 0) is 39.7 Å². The summed E-state index contributed by atoms with van der Waals surface area (Å²) in [6.07, 6.45) is 2.63. The van der Waals surface area contributed by atoms with Gasteiger partial charge in [0.1, 0.15) is 0 Å². The van der Waals surface area contributed by atoms with Crippen LogP contribution in [-0.4, -0.2) is 12.1 Å². The van der Waals surface area contributed by atoms with Crippen LogP contribution in [0.1, 0.15) is 49.8 Å². The van der Waals surface area contributed by atoms with Crippen LogP contribution in [-0.2, 0) is 10.2 Å². The average Bonchev–Trinajstić information content (AvgIpc) is 3.48. The molecule has 0 bridgehead atoms. The summed E-state index contributed by atoms with van der Waals surface area (Å²) in [6, 6.07) is 23.0. The molecule has 1 N–H and O–H groups in total. The Bertz CT molecular complexity index is 1020. The lowest BCUT2D eigenvalue weighted by molar-refractivity contribution is -0.122. The van der Waals surface area contributed by atoms with Crippen molar-refractivity contribution in [3.05, 3.63) is 83.4 Å². The molecule has 4 rings (SSSR count). The first-order chi connectivity index (χ1) is 13.4. The first-order valence-corrected chi connectivity index (χ1v) is 9.84. The summed E-state index contributed by atoms with van der Waals surface area (Å²) in [4.78, 5) is 12.4. The molecule has 1 aliphatic carbocycles. The molecule has 3 aromatic carbocycles. The fourth-order valence-corrected chi connectivity index (χ4v) is 3.69. The number of hydrazone groups is 1. The minimum atomic E-state index is 0.00128. The lowest BCUT2D eigenvalue weighted by atomic mass is 9.86. The zero-order valence-corrected chi connectivity index (χ0v) is 16.6. The Labute approximate surface area is 166 Å². The third-order valence-electron chi connectivity index (χ3n) is 5.53. The van der Waals surface area contributed by atoms with Gasteiger partial charge in [-0.1, -0.05) is 87.5 Å². The van der Waals surface area contributed by atoms with Crippen LogP contribution in [0.4, 0.5) is 0 Å². The maximum absolute atomic E-state index is 12.4. The second-order valence-corrected chi connectivity index (χ2v) is 8.62. The molecule has 3 nitrogen and oxygen atoms in total. The SMILES string of the molecule is CC(C)(C)c1ccc([C@@H]2C[C@H]2C(=O)NN=Cc2cccc3ccccc23)cc1. The standard InChI is InChI=1S/C25H26N2O/c1-25(2,3)20-13-11-18(12-14-20)22-15-23(22)24(28)27-26-16-19-9-6-8-17-7-4-5-10-21(17)19/h4-14,16,22-23H,15H2,1-3H3,(H,27,28)/t22-,23+/m0/s1. The highest BCUT2D eigenvalue weighted by Crippen LogP contribution is 2.47. The maximum atomic E-state index is 12.4. The number of fused-ring (bicyclic) bond motifs is 1. The van der Waals surface area contributed by atoms with Crippen LogP contribution >= 0.6 is 0 Å². The first kappa shape index (κ1) is 18.4. The van der Waals surface area contributed by atoms with E-state index in [1.54, 1.807) is 6.21 Å². The van der Waals surface area contributed by atoms with Crippen LogP contribution in [0.5, 0.6) is 0 Å². The van der Waals surface area contributed by atoms with Crippen LogP contribution in [0, 0.1) is 5.92 Å². The molecule has 0 radical (unpaired) electrons. The van der Waals surface area contributed by atoms with E-state index in [4.69, 9.17) is 0 Å². The minimum Gasteiger partial charge on any atom is -0.273 e. The first-order valence-electron chi connectivity index (χ1n) is 9.84. The van der Waals surface area contributed by atoms with Crippen LogP contribution < -0.4 is 5.43 Å². The van der Waals surface area contributed by atoms with E-state index in [-0.39, 0.29) is 17.2 Å². The Morgan fingerprint density at radius 1 is 1.00 bits per heavy atom. The van der Waals surface area contributed by atoms with Gasteiger partial charge in [0.15, 0.2) is 0 Å². The smallest absolute Gasteiger partial charge is 0.243 e. The van der Waals surface area contributed by atoms with E-state index in [0.29, 0.717) is 5.92 Å². The van der Waals surface area contributed by atoms with Gasteiger partial charge in [-0.25, -0.2) is 5.43 Å². The van der Waals surface area contributed by atoms with Crippen molar-refractivity contribution in [2.24, 2.45) is 11.0 Å². The zero-order valence-electron chi connectivity index (χ0n) is 16.6. The third kappa shape index (κ3) is 3.84. The second-order valence-electron chi connectivity index (χ2n) is 8.62. The highest BCUT2D eigenvalue weighted by atomic mass is 16.2. The van der Waals surface area contributed by atoms with Crippen molar-refractivity contribution in [3.8, 4) is 0 Å². The predicted molar refractivity (Wildman–Crippen MR) is 116 cm³/mol. The van der Waals surface area contributed by atoms with Crippen molar-refractivity contribution in [3.63, 3.8) is 0 Å². The van der Waals surface area contributed by atoms with Crippen molar-refractivity contribution in [2.75, 3.05) is 0 Å². The molecule has 2 atom stereocenters. The van der Waals surface area contributed by atoms with Gasteiger partial charge < -0.3 is 0 Å². The lowest BCUT2D eigenvalue weighted by Gasteiger charge is -2.19. The molecular weight excluding hydrogens is 344 g/mol. The fourth-order valence-electron chi connectivity index (χ4n) is 3.69. The second kappa shape index (κ2) is 7.23. The van der Waals surface area contributed by atoms with E-state index in [9.17, 15) is 4.79 Å². The molecule has 0 heterocycles. The molecule has 28 heavy (non-hydrogen) atoms. The van der Waals surface area contributed by atoms with Gasteiger partial charge >= 0.3 is 0 Å². The molecule has 3 heteroatoms. The summed E-state index contributed by atoms with van der Waals surface area (Å²) in [6.45, 7) is 6.63. The van der Waals surface area contributed by atoms with E-state index in [0.717, 1.165) is 17.4 Å². The molecular formula is C25H26N2O. The van der Waals surface area contributed by atoms with Gasteiger partial charge in [0.05, 0.1) is 6.21 Å². The molecule has 0 spiro atoms. The highest BCUT2D eigenvalue weighted by molar-refractivity contribution is 6.00. The molecule has 1 fully saturated rings. The molecule has 1 amide bonds. The number of carbonyl (C=O) groups is 1. The monoisotopic (exact) mass is 370 g/mol. The third-order valence-corrected chi connectivity index (χ3v) is 5.53. The Morgan fingerprint density at radius 2 is 1.71 bits per heavy atom. The number of rotatable bonds is 4. The number of amides is 1. The summed E-state index contributed by atoms with van der Waals surface area (Å²) in [5.74, 6) is 0.327. The summed E-state index contributed by atoms with van der Waals surface area (Å²) in [7, 11) is 0. The van der Waals surface area contributed by atoms with Crippen molar-refractivity contribution < 1.29 is 4.79 Å². The minimum absolute atomic E-state index is 0.00128. The van der Waals surface area contributed by atoms with E-state index >= 15 is 0 Å². The molecule has 0 saturated heterocycles. The maximum Gasteiger partial charge on any atom is 0.243 e. The average molecular weight is 370 g/mol. The normalized spacial score (nSPS) is 19.1. The van der Waals surface area contributed by atoms with Crippen molar-refractivity contribution >= 4 is 22.9 Å². The van der Waals surface area contributed by atoms with Crippen molar-refractivity contribution in [1.82, 2.24) is 5.43 Å². The molecule has 0 unspecified atom stereocenters. The van der Waals surface area contributed by atoms with Crippen LogP contribution in [0.25, 0.3) is 10.8 Å². The number of benzene rings is 3. The van der Waals surface area contributed by atoms with E-state index in [1.165, 1.54) is 16.5 Å².